The first-order valence-electron chi connectivity index (χ1n) is 7.02. The molecule has 5 nitrogen and oxygen atoms in total. The third-order valence-electron chi connectivity index (χ3n) is 3.53. The number of aromatic hydroxyl groups is 1. The molecule has 0 unspecified atom stereocenters. The predicted molar refractivity (Wildman–Crippen MR) is 76.7 cm³/mol. The van der Waals surface area contributed by atoms with Crippen LogP contribution in [0, 0.1) is 6.92 Å². The highest BCUT2D eigenvalue weighted by Crippen LogP contribution is 2.20. The Labute approximate surface area is 119 Å². The molecule has 1 aliphatic rings. The zero-order valence-corrected chi connectivity index (χ0v) is 12.1. The molecule has 1 aliphatic heterocycles. The number of rotatable bonds is 3. The first kappa shape index (κ1) is 14.7. The fraction of sp³-hybridized carbons (Fsp3) is 0.533. The Kier molecular flexibility index (Phi) is 4.84. The molecular formula is C15H22N2O3. The number of amides is 1. The summed E-state index contributed by atoms with van der Waals surface area (Å²) in [7, 11) is 0. The highest BCUT2D eigenvalue weighted by Gasteiger charge is 2.22. The van der Waals surface area contributed by atoms with Crippen LogP contribution in [0.15, 0.2) is 18.2 Å². The van der Waals surface area contributed by atoms with E-state index in [1.807, 2.05) is 26.0 Å². The first-order chi connectivity index (χ1) is 9.60. The Hall–Kier alpha value is -1.75. The van der Waals surface area contributed by atoms with Gasteiger partial charge >= 0.3 is 6.09 Å². The van der Waals surface area contributed by atoms with Gasteiger partial charge in [0.05, 0.1) is 6.61 Å². The van der Waals surface area contributed by atoms with Gasteiger partial charge in [0, 0.05) is 38.3 Å². The van der Waals surface area contributed by atoms with Gasteiger partial charge in [0.1, 0.15) is 5.75 Å². The van der Waals surface area contributed by atoms with Crippen molar-refractivity contribution in [2.45, 2.75) is 20.4 Å². The van der Waals surface area contributed by atoms with Gasteiger partial charge < -0.3 is 14.7 Å². The summed E-state index contributed by atoms with van der Waals surface area (Å²) in [6.45, 7) is 7.89. The molecule has 0 atom stereocenters. The summed E-state index contributed by atoms with van der Waals surface area (Å²) in [6.07, 6.45) is -0.231. The molecule has 5 heteroatoms. The van der Waals surface area contributed by atoms with E-state index < -0.39 is 0 Å². The number of benzene rings is 1. The van der Waals surface area contributed by atoms with Gasteiger partial charge in [-0.25, -0.2) is 4.79 Å². The number of carbonyl (C=O) groups excluding carboxylic acids is 1. The Bertz CT molecular complexity index is 468. The van der Waals surface area contributed by atoms with E-state index in [-0.39, 0.29) is 6.09 Å². The minimum atomic E-state index is -0.231. The number of carbonyl (C=O) groups is 1. The van der Waals surface area contributed by atoms with Crippen LogP contribution in [0.2, 0.25) is 0 Å². The third kappa shape index (κ3) is 3.63. The number of hydrogen-bond donors (Lipinski definition) is 1. The van der Waals surface area contributed by atoms with E-state index in [0.717, 1.165) is 24.2 Å². The molecular weight excluding hydrogens is 256 g/mol. The van der Waals surface area contributed by atoms with E-state index in [0.29, 0.717) is 32.0 Å². The second-order valence-electron chi connectivity index (χ2n) is 5.09. The average molecular weight is 278 g/mol. The maximum Gasteiger partial charge on any atom is 0.409 e. The largest absolute Gasteiger partial charge is 0.508 e. The van der Waals surface area contributed by atoms with E-state index in [4.69, 9.17) is 4.74 Å². The van der Waals surface area contributed by atoms with Crippen LogP contribution in [0.4, 0.5) is 4.79 Å². The zero-order chi connectivity index (χ0) is 14.5. The number of nitrogens with zero attached hydrogens (tertiary/aromatic N) is 2. The van der Waals surface area contributed by atoms with Crippen molar-refractivity contribution in [3.8, 4) is 5.75 Å². The number of hydrogen-bond acceptors (Lipinski definition) is 4. The molecule has 20 heavy (non-hydrogen) atoms. The number of aryl methyl sites for hydroxylation is 1. The topological polar surface area (TPSA) is 53.0 Å². The van der Waals surface area contributed by atoms with Crippen LogP contribution in [-0.2, 0) is 11.3 Å². The Balaban J connectivity index is 1.88. The van der Waals surface area contributed by atoms with Gasteiger partial charge in [-0.2, -0.15) is 0 Å². The fourth-order valence-electron chi connectivity index (χ4n) is 2.39. The lowest BCUT2D eigenvalue weighted by atomic mass is 10.1. The standard InChI is InChI=1S/C15H22N2O3/c1-3-20-15(19)17-8-6-16(7-9-17)11-13-10-12(2)4-5-14(13)18/h4-5,10,18H,3,6-9,11H2,1-2H3. The SMILES string of the molecule is CCOC(=O)N1CCN(Cc2cc(C)ccc2O)CC1. The first-order valence-corrected chi connectivity index (χ1v) is 7.02. The molecule has 0 saturated carbocycles. The van der Waals surface area contributed by atoms with Crippen LogP contribution in [0.25, 0.3) is 0 Å². The van der Waals surface area contributed by atoms with Gasteiger partial charge in [0.2, 0.25) is 0 Å². The summed E-state index contributed by atoms with van der Waals surface area (Å²) in [6, 6.07) is 5.64. The molecule has 0 spiro atoms. The molecule has 1 amide bonds. The van der Waals surface area contributed by atoms with Crippen molar-refractivity contribution in [3.05, 3.63) is 29.3 Å². The third-order valence-corrected chi connectivity index (χ3v) is 3.53. The lowest BCUT2D eigenvalue weighted by Gasteiger charge is -2.34. The van der Waals surface area contributed by atoms with Crippen molar-refractivity contribution in [1.82, 2.24) is 9.80 Å². The van der Waals surface area contributed by atoms with Gasteiger partial charge in [-0.05, 0) is 19.9 Å². The maximum absolute atomic E-state index is 11.6. The summed E-state index contributed by atoms with van der Waals surface area (Å²) in [5.41, 5.74) is 2.08. The van der Waals surface area contributed by atoms with Crippen molar-refractivity contribution < 1.29 is 14.6 Å². The Morgan fingerprint density at radius 3 is 2.65 bits per heavy atom. The van der Waals surface area contributed by atoms with Crippen LogP contribution >= 0.6 is 0 Å². The summed E-state index contributed by atoms with van der Waals surface area (Å²) in [5.74, 6) is 0.337. The van der Waals surface area contributed by atoms with E-state index >= 15 is 0 Å². The molecule has 2 rings (SSSR count). The van der Waals surface area contributed by atoms with Crippen LogP contribution < -0.4 is 0 Å². The highest BCUT2D eigenvalue weighted by molar-refractivity contribution is 5.67. The second-order valence-corrected chi connectivity index (χ2v) is 5.09. The molecule has 0 bridgehead atoms. The van der Waals surface area contributed by atoms with Gasteiger partial charge in [-0.3, -0.25) is 4.90 Å². The van der Waals surface area contributed by atoms with Crippen LogP contribution in [-0.4, -0.2) is 53.8 Å². The summed E-state index contributed by atoms with van der Waals surface area (Å²) >= 11 is 0. The second kappa shape index (κ2) is 6.61. The van der Waals surface area contributed by atoms with Crippen molar-refractivity contribution in [3.63, 3.8) is 0 Å². The Morgan fingerprint density at radius 1 is 1.30 bits per heavy atom. The minimum absolute atomic E-state index is 0.231. The minimum Gasteiger partial charge on any atom is -0.508 e. The molecule has 1 N–H and O–H groups in total. The predicted octanol–water partition coefficient (Wildman–Crippen LogP) is 1.97. The van der Waals surface area contributed by atoms with Gasteiger partial charge in [-0.15, -0.1) is 0 Å². The molecule has 1 saturated heterocycles. The molecule has 1 heterocycles. The van der Waals surface area contributed by atoms with Crippen LogP contribution in [0.5, 0.6) is 5.75 Å². The van der Waals surface area contributed by atoms with Crippen LogP contribution in [0.1, 0.15) is 18.1 Å². The number of phenolic OH excluding ortho intramolecular Hbond substituents is 1. The monoisotopic (exact) mass is 278 g/mol. The van der Waals surface area contributed by atoms with E-state index in [1.54, 1.807) is 11.0 Å². The van der Waals surface area contributed by atoms with Gasteiger partial charge in [0.25, 0.3) is 0 Å². The van der Waals surface area contributed by atoms with Crippen molar-refractivity contribution >= 4 is 6.09 Å². The summed E-state index contributed by atoms with van der Waals surface area (Å²) in [4.78, 5) is 15.6. The lowest BCUT2D eigenvalue weighted by molar-refractivity contribution is 0.0776. The lowest BCUT2D eigenvalue weighted by Crippen LogP contribution is -2.48. The average Bonchev–Trinajstić information content (AvgIpc) is 2.44. The quantitative estimate of drug-likeness (QED) is 0.918. The van der Waals surface area contributed by atoms with E-state index in [9.17, 15) is 9.90 Å². The Morgan fingerprint density at radius 2 is 2.00 bits per heavy atom. The zero-order valence-electron chi connectivity index (χ0n) is 12.1. The highest BCUT2D eigenvalue weighted by atomic mass is 16.6. The number of phenols is 1. The molecule has 1 aromatic carbocycles. The normalized spacial score (nSPS) is 16.2. The van der Waals surface area contributed by atoms with Crippen LogP contribution in [0.3, 0.4) is 0 Å². The van der Waals surface area contributed by atoms with Crippen molar-refractivity contribution in [1.29, 1.82) is 0 Å². The molecule has 0 aromatic heterocycles. The molecule has 1 aromatic rings. The van der Waals surface area contributed by atoms with Gasteiger partial charge in [0.15, 0.2) is 0 Å². The van der Waals surface area contributed by atoms with E-state index in [1.165, 1.54) is 0 Å². The van der Waals surface area contributed by atoms with Crippen molar-refractivity contribution in [2.24, 2.45) is 0 Å². The molecule has 110 valence electrons. The number of piperazine rings is 1. The van der Waals surface area contributed by atoms with E-state index in [2.05, 4.69) is 4.90 Å². The number of ether oxygens (including phenoxy) is 1. The smallest absolute Gasteiger partial charge is 0.409 e. The maximum atomic E-state index is 11.6. The molecule has 0 aliphatic carbocycles. The fourth-order valence-corrected chi connectivity index (χ4v) is 2.39. The summed E-state index contributed by atoms with van der Waals surface area (Å²) in [5, 5.41) is 9.86. The molecule has 1 fully saturated rings. The summed E-state index contributed by atoms with van der Waals surface area (Å²) < 4.78 is 5.00. The van der Waals surface area contributed by atoms with Crippen molar-refractivity contribution in [2.75, 3.05) is 32.8 Å². The van der Waals surface area contributed by atoms with Gasteiger partial charge in [-0.1, -0.05) is 17.7 Å². The molecule has 0 radical (unpaired) electrons.